The van der Waals surface area contributed by atoms with Gasteiger partial charge in [-0.1, -0.05) is 48.5 Å². The first-order chi connectivity index (χ1) is 11.8. The highest BCUT2D eigenvalue weighted by Gasteiger charge is 2.13. The lowest BCUT2D eigenvalue weighted by Gasteiger charge is -2.13. The largest absolute Gasteiger partial charge is 0.497 e. The van der Waals surface area contributed by atoms with Gasteiger partial charge in [0.05, 0.1) is 12.8 Å². The summed E-state index contributed by atoms with van der Waals surface area (Å²) in [5.74, 6) is 0.812. The first-order valence-corrected chi connectivity index (χ1v) is 7.78. The van der Waals surface area contributed by atoms with Gasteiger partial charge in [0.1, 0.15) is 11.9 Å². The molecule has 0 saturated carbocycles. The number of nitrogens with zero attached hydrogens (tertiary/aromatic N) is 1. The first-order valence-electron chi connectivity index (χ1n) is 7.78. The van der Waals surface area contributed by atoms with Crippen LogP contribution in [0.4, 0.5) is 5.69 Å². The van der Waals surface area contributed by atoms with Gasteiger partial charge in [0, 0.05) is 11.8 Å². The van der Waals surface area contributed by atoms with Gasteiger partial charge in [-0.05, 0) is 41.5 Å². The van der Waals surface area contributed by atoms with Crippen LogP contribution in [0, 0.1) is 0 Å². The maximum absolute atomic E-state index is 10.6. The molecule has 3 heteroatoms. The average molecular weight is 317 g/mol. The average Bonchev–Trinajstić information content (AvgIpc) is 2.67. The zero-order valence-electron chi connectivity index (χ0n) is 13.5. The Labute approximate surface area is 141 Å². The Balaban J connectivity index is 1.87. The van der Waals surface area contributed by atoms with E-state index in [0.29, 0.717) is 0 Å². The monoisotopic (exact) mass is 317 g/mol. The summed E-state index contributed by atoms with van der Waals surface area (Å²) in [5, 5.41) is 10.6. The van der Waals surface area contributed by atoms with Gasteiger partial charge in [-0.25, -0.2) is 0 Å². The summed E-state index contributed by atoms with van der Waals surface area (Å²) in [5.41, 5.74) is 3.36. The van der Waals surface area contributed by atoms with Gasteiger partial charge in [-0.3, -0.25) is 4.99 Å². The van der Waals surface area contributed by atoms with E-state index < -0.39 is 6.10 Å². The molecule has 120 valence electrons. The molecule has 0 amide bonds. The summed E-state index contributed by atoms with van der Waals surface area (Å²) in [4.78, 5) is 4.55. The molecule has 1 unspecified atom stereocenters. The predicted molar refractivity (Wildman–Crippen MR) is 97.2 cm³/mol. The van der Waals surface area contributed by atoms with Crippen molar-refractivity contribution in [3.05, 3.63) is 95.6 Å². The van der Waals surface area contributed by atoms with Gasteiger partial charge in [-0.2, -0.15) is 0 Å². The highest BCUT2D eigenvalue weighted by atomic mass is 16.5. The molecule has 0 aliphatic carbocycles. The molecule has 0 aliphatic rings. The number of benzene rings is 3. The van der Waals surface area contributed by atoms with Crippen LogP contribution in [-0.2, 0) is 0 Å². The maximum Gasteiger partial charge on any atom is 0.118 e. The Bertz CT molecular complexity index is 811. The van der Waals surface area contributed by atoms with Crippen LogP contribution in [0.1, 0.15) is 22.8 Å². The lowest BCUT2D eigenvalue weighted by Crippen LogP contribution is -1.99. The van der Waals surface area contributed by atoms with Gasteiger partial charge in [0.2, 0.25) is 0 Å². The summed E-state index contributed by atoms with van der Waals surface area (Å²) in [7, 11) is 1.64. The number of para-hydroxylation sites is 1. The normalized spacial score (nSPS) is 12.2. The van der Waals surface area contributed by atoms with E-state index in [2.05, 4.69) is 4.99 Å². The molecule has 1 atom stereocenters. The molecular weight excluding hydrogens is 298 g/mol. The fourth-order valence-electron chi connectivity index (χ4n) is 2.49. The number of aliphatic imine (C=N–C) groups is 1. The van der Waals surface area contributed by atoms with Crippen molar-refractivity contribution in [2.24, 2.45) is 4.99 Å². The molecule has 0 aromatic heterocycles. The van der Waals surface area contributed by atoms with Crippen LogP contribution < -0.4 is 4.74 Å². The van der Waals surface area contributed by atoms with Gasteiger partial charge in [0.25, 0.3) is 0 Å². The Hall–Kier alpha value is -2.91. The molecule has 0 heterocycles. The third-order valence-corrected chi connectivity index (χ3v) is 3.82. The maximum atomic E-state index is 10.6. The Morgan fingerprint density at radius 2 is 1.54 bits per heavy atom. The van der Waals surface area contributed by atoms with E-state index >= 15 is 0 Å². The van der Waals surface area contributed by atoms with E-state index in [1.54, 1.807) is 13.3 Å². The van der Waals surface area contributed by atoms with Crippen LogP contribution in [0.3, 0.4) is 0 Å². The van der Waals surface area contributed by atoms with E-state index in [1.807, 2.05) is 78.9 Å². The number of aliphatic hydroxyl groups is 1. The van der Waals surface area contributed by atoms with Gasteiger partial charge in [-0.15, -0.1) is 0 Å². The van der Waals surface area contributed by atoms with Crippen LogP contribution in [-0.4, -0.2) is 18.4 Å². The van der Waals surface area contributed by atoms with Gasteiger partial charge < -0.3 is 9.84 Å². The van der Waals surface area contributed by atoms with Gasteiger partial charge >= 0.3 is 0 Å². The molecule has 3 rings (SSSR count). The fraction of sp³-hybridized carbons (Fsp3) is 0.0952. The summed E-state index contributed by atoms with van der Waals surface area (Å²) in [6.45, 7) is 0. The van der Waals surface area contributed by atoms with Crippen molar-refractivity contribution < 1.29 is 9.84 Å². The van der Waals surface area contributed by atoms with Crippen molar-refractivity contribution in [2.45, 2.75) is 6.10 Å². The summed E-state index contributed by atoms with van der Waals surface area (Å²) >= 11 is 0. The quantitative estimate of drug-likeness (QED) is 0.703. The molecule has 3 aromatic rings. The first kappa shape index (κ1) is 16.0. The smallest absolute Gasteiger partial charge is 0.118 e. The van der Waals surface area contributed by atoms with E-state index in [4.69, 9.17) is 4.74 Å². The second kappa shape index (κ2) is 7.57. The lowest BCUT2D eigenvalue weighted by molar-refractivity contribution is 0.221. The van der Waals surface area contributed by atoms with Crippen molar-refractivity contribution in [3.8, 4) is 5.75 Å². The Morgan fingerprint density at radius 1 is 0.875 bits per heavy atom. The standard InChI is InChI=1S/C21H19NO2/c1-24-18-13-11-16(12-14-18)15-22-20-10-6-5-9-19(20)21(23)17-7-3-2-4-8-17/h2-15,21,23H,1H3. The van der Waals surface area contributed by atoms with E-state index in [-0.39, 0.29) is 0 Å². The zero-order chi connectivity index (χ0) is 16.8. The van der Waals surface area contributed by atoms with Crippen LogP contribution >= 0.6 is 0 Å². The molecular formula is C21H19NO2. The molecule has 0 aliphatic heterocycles. The highest BCUT2D eigenvalue weighted by Crippen LogP contribution is 2.30. The topological polar surface area (TPSA) is 41.8 Å². The second-order valence-electron chi connectivity index (χ2n) is 5.40. The van der Waals surface area contributed by atoms with E-state index in [0.717, 1.165) is 28.1 Å². The number of aliphatic hydroxyl groups excluding tert-OH is 1. The lowest BCUT2D eigenvalue weighted by atomic mass is 10.00. The fourth-order valence-corrected chi connectivity index (χ4v) is 2.49. The molecule has 3 nitrogen and oxygen atoms in total. The second-order valence-corrected chi connectivity index (χ2v) is 5.40. The van der Waals surface area contributed by atoms with Crippen molar-refractivity contribution in [3.63, 3.8) is 0 Å². The van der Waals surface area contributed by atoms with Crippen LogP contribution in [0.25, 0.3) is 0 Å². The zero-order valence-corrected chi connectivity index (χ0v) is 13.5. The van der Waals surface area contributed by atoms with Crippen molar-refractivity contribution >= 4 is 11.9 Å². The molecule has 0 radical (unpaired) electrons. The SMILES string of the molecule is COc1ccc(C=Nc2ccccc2C(O)c2ccccc2)cc1. The third-order valence-electron chi connectivity index (χ3n) is 3.82. The van der Waals surface area contributed by atoms with Crippen LogP contribution in [0.15, 0.2) is 83.9 Å². The summed E-state index contributed by atoms with van der Waals surface area (Å²) in [6.07, 6.45) is 1.09. The third kappa shape index (κ3) is 3.70. The van der Waals surface area contributed by atoms with Crippen molar-refractivity contribution in [1.29, 1.82) is 0 Å². The number of methoxy groups -OCH3 is 1. The number of ether oxygens (including phenoxy) is 1. The van der Waals surface area contributed by atoms with Gasteiger partial charge in [0.15, 0.2) is 0 Å². The Kier molecular flexibility index (Phi) is 5.04. The number of rotatable bonds is 5. The van der Waals surface area contributed by atoms with Crippen LogP contribution in [0.5, 0.6) is 5.75 Å². The number of hydrogen-bond acceptors (Lipinski definition) is 3. The molecule has 0 bridgehead atoms. The molecule has 3 aromatic carbocycles. The highest BCUT2D eigenvalue weighted by molar-refractivity contribution is 5.82. The minimum absolute atomic E-state index is 0.699. The number of hydrogen-bond donors (Lipinski definition) is 1. The molecule has 1 N–H and O–H groups in total. The van der Waals surface area contributed by atoms with E-state index in [1.165, 1.54) is 0 Å². The molecule has 0 fully saturated rings. The molecule has 0 saturated heterocycles. The van der Waals surface area contributed by atoms with Crippen molar-refractivity contribution in [2.75, 3.05) is 7.11 Å². The Morgan fingerprint density at radius 3 is 2.25 bits per heavy atom. The molecule has 24 heavy (non-hydrogen) atoms. The predicted octanol–water partition coefficient (Wildman–Crippen LogP) is 4.53. The summed E-state index contributed by atoms with van der Waals surface area (Å²) in [6, 6.07) is 24.9. The molecule has 0 spiro atoms. The van der Waals surface area contributed by atoms with E-state index in [9.17, 15) is 5.11 Å². The minimum atomic E-state index is -0.699. The van der Waals surface area contributed by atoms with Crippen molar-refractivity contribution in [1.82, 2.24) is 0 Å². The van der Waals surface area contributed by atoms with Crippen LogP contribution in [0.2, 0.25) is 0 Å². The minimum Gasteiger partial charge on any atom is -0.497 e. The summed E-state index contributed by atoms with van der Waals surface area (Å²) < 4.78 is 5.15.